The van der Waals surface area contributed by atoms with E-state index in [9.17, 15) is 28.3 Å². The van der Waals surface area contributed by atoms with Crippen molar-refractivity contribution >= 4 is 40.6 Å². The lowest BCUT2D eigenvalue weighted by molar-refractivity contribution is -0.112. The summed E-state index contributed by atoms with van der Waals surface area (Å²) in [5.74, 6) is -0.179. The van der Waals surface area contributed by atoms with E-state index in [1.807, 2.05) is 0 Å². The van der Waals surface area contributed by atoms with Gasteiger partial charge in [0.25, 0.3) is 5.56 Å². The number of nitrogens with zero attached hydrogens (tertiary/aromatic N) is 3. The van der Waals surface area contributed by atoms with Crippen LogP contribution in [0.4, 0.5) is 5.95 Å². The largest absolute Gasteiger partial charge is 0.490 e. The maximum Gasteiger partial charge on any atom is 0.490 e. The number of nitrogens with one attached hydrogen (secondary N) is 1. The van der Waals surface area contributed by atoms with Gasteiger partial charge in [-0.1, -0.05) is 6.08 Å². The highest BCUT2D eigenvalue weighted by Crippen LogP contribution is 2.66. The van der Waals surface area contributed by atoms with Gasteiger partial charge in [-0.15, -0.1) is 6.58 Å². The molecular formula is C14H22N5O14P3. The Hall–Kier alpha value is -1.82. The molecule has 0 aromatic carbocycles. The number of anilines is 1. The molecule has 19 nitrogen and oxygen atoms in total. The number of nitrogens with two attached hydrogens (primary N) is 1. The van der Waals surface area contributed by atoms with Crippen LogP contribution >= 0.6 is 23.5 Å². The Morgan fingerprint density at radius 1 is 1.25 bits per heavy atom. The molecule has 0 spiro atoms. The van der Waals surface area contributed by atoms with Gasteiger partial charge in [0, 0.05) is 6.42 Å². The van der Waals surface area contributed by atoms with Crippen molar-refractivity contribution in [2.75, 3.05) is 25.7 Å². The van der Waals surface area contributed by atoms with Crippen LogP contribution in [0.1, 0.15) is 12.6 Å². The van der Waals surface area contributed by atoms with Crippen LogP contribution in [0.25, 0.3) is 11.2 Å². The maximum atomic E-state index is 12.1. The molecule has 2 aromatic heterocycles. The number of phosphoric ester groups is 1. The van der Waals surface area contributed by atoms with Crippen molar-refractivity contribution in [1.29, 1.82) is 0 Å². The van der Waals surface area contributed by atoms with E-state index < -0.39 is 54.1 Å². The standard InChI is InChI=1S/C14H22N5O14P3/c1-2-3-28-7-29-8-4-10(19-6-16-11-12(19)17-14(15)18-13(11)20)31-9(8)5-30-35(24,25)33-36(26,27)32-34(21,22)23/h2,6,8-10H,1,3-5,7H2,(H,24,25)(H,26,27)(H2,21,22,23)(H3,15,17,18,20)/t8-,9-,10-/m1/s1. The van der Waals surface area contributed by atoms with Gasteiger partial charge in [-0.05, 0) is 0 Å². The van der Waals surface area contributed by atoms with Crippen LogP contribution in [0, 0.1) is 0 Å². The topological polar surface area (TPSA) is 277 Å². The Labute approximate surface area is 201 Å². The molecule has 1 aliphatic rings. The second-order valence-corrected chi connectivity index (χ2v) is 11.4. The Bertz CT molecular complexity index is 1290. The minimum Gasteiger partial charge on any atom is -0.369 e. The van der Waals surface area contributed by atoms with E-state index in [4.69, 9.17) is 29.7 Å². The van der Waals surface area contributed by atoms with Crippen LogP contribution in [0.15, 0.2) is 23.8 Å². The minimum atomic E-state index is -5.69. The third-order valence-corrected chi connectivity index (χ3v) is 8.16. The van der Waals surface area contributed by atoms with Gasteiger partial charge in [0.05, 0.1) is 25.6 Å². The van der Waals surface area contributed by atoms with Gasteiger partial charge >= 0.3 is 23.5 Å². The summed E-state index contributed by atoms with van der Waals surface area (Å²) in [5.41, 5.74) is 5.05. The van der Waals surface area contributed by atoms with Crippen molar-refractivity contribution in [3.63, 3.8) is 0 Å². The molecule has 3 rings (SSSR count). The van der Waals surface area contributed by atoms with Crippen molar-refractivity contribution in [3.8, 4) is 0 Å². The fourth-order valence-electron chi connectivity index (χ4n) is 3.09. The molecule has 2 aromatic rings. The average molecular weight is 577 g/mol. The smallest absolute Gasteiger partial charge is 0.369 e. The van der Waals surface area contributed by atoms with Gasteiger partial charge in [-0.3, -0.25) is 18.9 Å². The average Bonchev–Trinajstić information content (AvgIpc) is 3.31. The molecule has 1 saturated heterocycles. The first-order chi connectivity index (χ1) is 16.7. The number of nitrogen functional groups attached to an aromatic ring is 1. The number of ether oxygens (including phenoxy) is 3. The number of aromatic amines is 1. The van der Waals surface area contributed by atoms with E-state index in [0.29, 0.717) is 0 Å². The molecule has 0 radical (unpaired) electrons. The number of hydrogen-bond acceptors (Lipinski definition) is 13. The maximum absolute atomic E-state index is 12.1. The van der Waals surface area contributed by atoms with Crippen molar-refractivity contribution in [2.45, 2.75) is 24.9 Å². The van der Waals surface area contributed by atoms with Gasteiger partial charge in [-0.25, -0.2) is 18.7 Å². The lowest BCUT2D eigenvalue weighted by Gasteiger charge is -2.21. The van der Waals surface area contributed by atoms with Gasteiger partial charge in [-0.2, -0.15) is 13.6 Å². The lowest BCUT2D eigenvalue weighted by atomic mass is 10.2. The molecule has 36 heavy (non-hydrogen) atoms. The molecular weight excluding hydrogens is 555 g/mol. The first-order valence-corrected chi connectivity index (χ1v) is 14.2. The van der Waals surface area contributed by atoms with E-state index in [1.54, 1.807) is 0 Å². The number of imidazole rings is 1. The Kier molecular flexibility index (Phi) is 9.01. The Morgan fingerprint density at radius 3 is 2.64 bits per heavy atom. The number of rotatable bonds is 13. The second-order valence-electron chi connectivity index (χ2n) is 7.01. The van der Waals surface area contributed by atoms with Crippen LogP contribution in [0.2, 0.25) is 0 Å². The van der Waals surface area contributed by atoms with E-state index in [2.05, 4.69) is 34.7 Å². The van der Waals surface area contributed by atoms with E-state index >= 15 is 0 Å². The molecule has 0 aliphatic carbocycles. The molecule has 0 saturated carbocycles. The monoisotopic (exact) mass is 577 g/mol. The summed E-state index contributed by atoms with van der Waals surface area (Å²) in [6.45, 7) is 2.63. The third kappa shape index (κ3) is 7.84. The van der Waals surface area contributed by atoms with Crippen LogP contribution in [-0.4, -0.2) is 71.3 Å². The molecule has 22 heteroatoms. The zero-order chi connectivity index (χ0) is 26.7. The molecule has 2 unspecified atom stereocenters. The zero-order valence-corrected chi connectivity index (χ0v) is 20.7. The van der Waals surface area contributed by atoms with Crippen LogP contribution in [0.3, 0.4) is 0 Å². The van der Waals surface area contributed by atoms with Crippen LogP contribution in [-0.2, 0) is 41.1 Å². The van der Waals surface area contributed by atoms with Crippen molar-refractivity contribution in [2.24, 2.45) is 0 Å². The summed E-state index contributed by atoms with van der Waals surface area (Å²) < 4.78 is 64.3. The summed E-state index contributed by atoms with van der Waals surface area (Å²) in [6, 6.07) is 0. The van der Waals surface area contributed by atoms with Crippen molar-refractivity contribution in [1.82, 2.24) is 19.5 Å². The molecule has 7 N–H and O–H groups in total. The Morgan fingerprint density at radius 2 is 1.97 bits per heavy atom. The quantitative estimate of drug-likeness (QED) is 0.0783. The summed E-state index contributed by atoms with van der Waals surface area (Å²) >= 11 is 0. The SMILES string of the molecule is C=CCOCO[C@@H]1C[C@H](n2cnc3c(=O)[nH]c(N)nc32)O[C@@H]1COP(=O)(O)OP(=O)(O)OP(=O)(O)O. The van der Waals surface area contributed by atoms with E-state index in [0.717, 1.165) is 0 Å². The normalized spacial score (nSPS) is 23.9. The molecule has 202 valence electrons. The highest BCUT2D eigenvalue weighted by atomic mass is 31.3. The molecule has 0 amide bonds. The number of phosphoric acid groups is 3. The minimum absolute atomic E-state index is 0.0312. The molecule has 1 aliphatic heterocycles. The fraction of sp³-hybridized carbons (Fsp3) is 0.500. The third-order valence-electron chi connectivity index (χ3n) is 4.36. The lowest BCUT2D eigenvalue weighted by Crippen LogP contribution is -2.29. The van der Waals surface area contributed by atoms with Crippen molar-refractivity contribution < 1.29 is 60.6 Å². The molecule has 5 atom stereocenters. The number of hydrogen-bond donors (Lipinski definition) is 6. The summed E-state index contributed by atoms with van der Waals surface area (Å²) in [4.78, 5) is 58.5. The van der Waals surface area contributed by atoms with Gasteiger partial charge < -0.3 is 39.5 Å². The number of aromatic nitrogens is 4. The second kappa shape index (κ2) is 11.3. The summed E-state index contributed by atoms with van der Waals surface area (Å²) in [7, 11) is -16.6. The van der Waals surface area contributed by atoms with Gasteiger partial charge in [0.2, 0.25) is 5.95 Å². The molecule has 3 heterocycles. The van der Waals surface area contributed by atoms with Gasteiger partial charge in [0.15, 0.2) is 11.2 Å². The van der Waals surface area contributed by atoms with Gasteiger partial charge in [0.1, 0.15) is 19.1 Å². The number of H-pyrrole nitrogens is 1. The predicted octanol–water partition coefficient (Wildman–Crippen LogP) is -0.122. The highest BCUT2D eigenvalue weighted by Gasteiger charge is 2.43. The van der Waals surface area contributed by atoms with Crippen molar-refractivity contribution in [3.05, 3.63) is 29.3 Å². The van der Waals surface area contributed by atoms with E-state index in [1.165, 1.54) is 17.0 Å². The first kappa shape index (κ1) is 28.7. The fourth-order valence-corrected chi connectivity index (χ4v) is 6.12. The van der Waals surface area contributed by atoms with E-state index in [-0.39, 0.29) is 36.9 Å². The highest BCUT2D eigenvalue weighted by molar-refractivity contribution is 7.66. The summed E-state index contributed by atoms with van der Waals surface area (Å²) in [5, 5.41) is 0. The first-order valence-electron chi connectivity index (χ1n) is 9.66. The Balaban J connectivity index is 1.75. The van der Waals surface area contributed by atoms with Crippen LogP contribution < -0.4 is 11.3 Å². The zero-order valence-electron chi connectivity index (χ0n) is 18.1. The number of fused-ring (bicyclic) bond motifs is 1. The van der Waals surface area contributed by atoms with Crippen LogP contribution in [0.5, 0.6) is 0 Å². The molecule has 1 fully saturated rings. The predicted molar refractivity (Wildman–Crippen MR) is 117 cm³/mol. The molecule has 0 bridgehead atoms. The summed E-state index contributed by atoms with van der Waals surface area (Å²) in [6.07, 6.45) is -0.0695.